The van der Waals surface area contributed by atoms with Gasteiger partial charge in [-0.15, -0.1) is 0 Å². The summed E-state index contributed by atoms with van der Waals surface area (Å²) >= 11 is 0. The Bertz CT molecular complexity index is 717. The molecular formula is C18H22N2O3. The molecule has 0 aliphatic rings. The highest BCUT2D eigenvalue weighted by molar-refractivity contribution is 5.98. The number of carbonyl (C=O) groups is 2. The van der Waals surface area contributed by atoms with Crippen molar-refractivity contribution in [2.24, 2.45) is 5.92 Å². The third-order valence-electron chi connectivity index (χ3n) is 3.91. The first kappa shape index (κ1) is 16.8. The SMILES string of the molecule is Cc1cc(C(=O)N[C@@H](C(=O)O)C(C)C)c(C)n1-c1ccccc1. The molecule has 0 unspecified atom stereocenters. The molecule has 1 aromatic heterocycles. The second-order valence-electron chi connectivity index (χ2n) is 5.99. The highest BCUT2D eigenvalue weighted by atomic mass is 16.4. The number of para-hydroxylation sites is 1. The van der Waals surface area contributed by atoms with Crippen molar-refractivity contribution < 1.29 is 14.7 Å². The van der Waals surface area contributed by atoms with E-state index in [-0.39, 0.29) is 11.8 Å². The van der Waals surface area contributed by atoms with Crippen LogP contribution in [0.3, 0.4) is 0 Å². The Morgan fingerprint density at radius 3 is 2.26 bits per heavy atom. The van der Waals surface area contributed by atoms with E-state index < -0.39 is 12.0 Å². The van der Waals surface area contributed by atoms with Crippen molar-refractivity contribution >= 4 is 11.9 Å². The van der Waals surface area contributed by atoms with Gasteiger partial charge in [-0.05, 0) is 38.0 Å². The number of carboxylic acid groups (broad SMARTS) is 1. The summed E-state index contributed by atoms with van der Waals surface area (Å²) in [6.45, 7) is 7.33. The number of aryl methyl sites for hydroxylation is 1. The van der Waals surface area contributed by atoms with Gasteiger partial charge in [0.25, 0.3) is 5.91 Å². The Kier molecular flexibility index (Phi) is 4.89. The number of nitrogens with zero attached hydrogens (tertiary/aromatic N) is 1. The molecule has 1 atom stereocenters. The van der Waals surface area contributed by atoms with Crippen molar-refractivity contribution in [3.63, 3.8) is 0 Å². The normalized spacial score (nSPS) is 12.2. The minimum atomic E-state index is -1.02. The van der Waals surface area contributed by atoms with E-state index in [1.54, 1.807) is 19.9 Å². The van der Waals surface area contributed by atoms with Crippen LogP contribution in [0.25, 0.3) is 5.69 Å². The smallest absolute Gasteiger partial charge is 0.326 e. The lowest BCUT2D eigenvalue weighted by atomic mass is 10.0. The van der Waals surface area contributed by atoms with Gasteiger partial charge in [-0.3, -0.25) is 4.79 Å². The fourth-order valence-corrected chi connectivity index (χ4v) is 2.70. The van der Waals surface area contributed by atoms with Gasteiger partial charge in [0, 0.05) is 17.1 Å². The van der Waals surface area contributed by atoms with Crippen LogP contribution in [0.2, 0.25) is 0 Å². The van der Waals surface area contributed by atoms with E-state index in [4.69, 9.17) is 0 Å². The average Bonchev–Trinajstić information content (AvgIpc) is 2.79. The third-order valence-corrected chi connectivity index (χ3v) is 3.91. The lowest BCUT2D eigenvalue weighted by Gasteiger charge is -2.18. The number of rotatable bonds is 5. The van der Waals surface area contributed by atoms with Crippen LogP contribution in [0.4, 0.5) is 0 Å². The van der Waals surface area contributed by atoms with Crippen LogP contribution in [0.5, 0.6) is 0 Å². The number of aliphatic carboxylic acids is 1. The first-order valence-corrected chi connectivity index (χ1v) is 7.61. The Labute approximate surface area is 135 Å². The highest BCUT2D eigenvalue weighted by Crippen LogP contribution is 2.21. The zero-order chi connectivity index (χ0) is 17.1. The van der Waals surface area contributed by atoms with Crippen LogP contribution in [0.1, 0.15) is 35.6 Å². The first-order valence-electron chi connectivity index (χ1n) is 7.61. The van der Waals surface area contributed by atoms with Crippen LogP contribution in [0.15, 0.2) is 36.4 Å². The number of hydrogen-bond donors (Lipinski definition) is 2. The molecule has 2 rings (SSSR count). The van der Waals surface area contributed by atoms with E-state index >= 15 is 0 Å². The summed E-state index contributed by atoms with van der Waals surface area (Å²) < 4.78 is 1.99. The van der Waals surface area contributed by atoms with Gasteiger partial charge in [0.05, 0.1) is 5.56 Å². The van der Waals surface area contributed by atoms with Gasteiger partial charge >= 0.3 is 5.97 Å². The molecular weight excluding hydrogens is 292 g/mol. The molecule has 2 aromatic rings. The maximum Gasteiger partial charge on any atom is 0.326 e. The van der Waals surface area contributed by atoms with Gasteiger partial charge in [0.1, 0.15) is 6.04 Å². The molecule has 23 heavy (non-hydrogen) atoms. The molecule has 5 heteroatoms. The zero-order valence-corrected chi connectivity index (χ0v) is 13.8. The second kappa shape index (κ2) is 6.69. The maximum atomic E-state index is 12.5. The summed E-state index contributed by atoms with van der Waals surface area (Å²) in [5, 5.41) is 11.8. The Balaban J connectivity index is 2.35. The maximum absolute atomic E-state index is 12.5. The molecule has 1 amide bonds. The molecule has 122 valence electrons. The number of amides is 1. The largest absolute Gasteiger partial charge is 0.480 e. The number of benzene rings is 1. The molecule has 0 aliphatic heterocycles. The summed E-state index contributed by atoms with van der Waals surface area (Å²) in [7, 11) is 0. The minimum absolute atomic E-state index is 0.186. The molecule has 0 saturated carbocycles. The van der Waals surface area contributed by atoms with Gasteiger partial charge in [-0.1, -0.05) is 32.0 Å². The van der Waals surface area contributed by atoms with Crippen molar-refractivity contribution in [3.05, 3.63) is 53.3 Å². The number of aromatic nitrogens is 1. The standard InChI is InChI=1S/C18H22N2O3/c1-11(2)16(18(22)23)19-17(21)15-10-12(3)20(13(15)4)14-8-6-5-7-9-14/h5-11,16H,1-4H3,(H,19,21)(H,22,23)/t16-/m1/s1. The van der Waals surface area contributed by atoms with E-state index in [0.29, 0.717) is 5.56 Å². The molecule has 5 nitrogen and oxygen atoms in total. The number of carboxylic acids is 1. The Hall–Kier alpha value is -2.56. The lowest BCUT2D eigenvalue weighted by Crippen LogP contribution is -2.44. The summed E-state index contributed by atoms with van der Waals surface area (Å²) in [5.41, 5.74) is 3.19. The van der Waals surface area contributed by atoms with E-state index in [1.165, 1.54) is 0 Å². The van der Waals surface area contributed by atoms with Crippen molar-refractivity contribution in [3.8, 4) is 5.69 Å². The second-order valence-corrected chi connectivity index (χ2v) is 5.99. The van der Waals surface area contributed by atoms with Crippen molar-refractivity contribution in [1.82, 2.24) is 9.88 Å². The van der Waals surface area contributed by atoms with Gasteiger partial charge in [0.15, 0.2) is 0 Å². The van der Waals surface area contributed by atoms with Crippen LogP contribution in [0, 0.1) is 19.8 Å². The quantitative estimate of drug-likeness (QED) is 0.891. The van der Waals surface area contributed by atoms with Crippen LogP contribution < -0.4 is 5.32 Å². The van der Waals surface area contributed by atoms with Crippen molar-refractivity contribution in [2.75, 3.05) is 0 Å². The van der Waals surface area contributed by atoms with Gasteiger partial charge in [-0.25, -0.2) is 4.79 Å². The summed E-state index contributed by atoms with van der Waals surface area (Å²) in [6, 6.07) is 10.6. The fraction of sp³-hybridized carbons (Fsp3) is 0.333. The van der Waals surface area contributed by atoms with Gasteiger partial charge in [-0.2, -0.15) is 0 Å². The van der Waals surface area contributed by atoms with Crippen LogP contribution in [-0.4, -0.2) is 27.6 Å². The molecule has 0 aliphatic carbocycles. The monoisotopic (exact) mass is 314 g/mol. The Morgan fingerprint density at radius 2 is 1.74 bits per heavy atom. The molecule has 0 bridgehead atoms. The van der Waals surface area contributed by atoms with E-state index in [2.05, 4.69) is 5.32 Å². The number of hydrogen-bond acceptors (Lipinski definition) is 2. The van der Waals surface area contributed by atoms with Gasteiger partial charge in [0.2, 0.25) is 0 Å². The lowest BCUT2D eigenvalue weighted by molar-refractivity contribution is -0.140. The van der Waals surface area contributed by atoms with E-state index in [0.717, 1.165) is 17.1 Å². The van der Waals surface area contributed by atoms with E-state index in [1.807, 2.05) is 48.7 Å². The molecule has 0 fully saturated rings. The summed E-state index contributed by atoms with van der Waals surface area (Å²) in [4.78, 5) is 23.8. The fourth-order valence-electron chi connectivity index (χ4n) is 2.70. The van der Waals surface area contributed by atoms with Crippen LogP contribution in [-0.2, 0) is 4.79 Å². The average molecular weight is 314 g/mol. The highest BCUT2D eigenvalue weighted by Gasteiger charge is 2.26. The predicted molar refractivity (Wildman–Crippen MR) is 89.0 cm³/mol. The van der Waals surface area contributed by atoms with Crippen LogP contribution >= 0.6 is 0 Å². The third kappa shape index (κ3) is 3.44. The molecule has 0 saturated heterocycles. The summed E-state index contributed by atoms with van der Waals surface area (Å²) in [5.74, 6) is -1.57. The molecule has 1 aromatic carbocycles. The molecule has 0 radical (unpaired) electrons. The minimum Gasteiger partial charge on any atom is -0.480 e. The van der Waals surface area contributed by atoms with Crippen molar-refractivity contribution in [1.29, 1.82) is 0 Å². The number of nitrogens with one attached hydrogen (secondary N) is 1. The van der Waals surface area contributed by atoms with Crippen molar-refractivity contribution in [2.45, 2.75) is 33.7 Å². The zero-order valence-electron chi connectivity index (χ0n) is 13.8. The first-order chi connectivity index (χ1) is 10.8. The molecule has 0 spiro atoms. The Morgan fingerprint density at radius 1 is 1.13 bits per heavy atom. The molecule has 1 heterocycles. The topological polar surface area (TPSA) is 71.3 Å². The summed E-state index contributed by atoms with van der Waals surface area (Å²) in [6.07, 6.45) is 0. The predicted octanol–water partition coefficient (Wildman–Crippen LogP) is 2.93. The van der Waals surface area contributed by atoms with E-state index in [9.17, 15) is 14.7 Å². The van der Waals surface area contributed by atoms with Gasteiger partial charge < -0.3 is 15.0 Å². The number of carbonyl (C=O) groups excluding carboxylic acids is 1. The molecule has 2 N–H and O–H groups in total.